The van der Waals surface area contributed by atoms with E-state index in [0.29, 0.717) is 43.1 Å². The Morgan fingerprint density at radius 3 is 2.62 bits per heavy atom. The van der Waals surface area contributed by atoms with Crippen LogP contribution in [0.1, 0.15) is 70.0 Å². The first kappa shape index (κ1) is 25.5. The Bertz CT molecular complexity index is 1440. The molecule has 0 amide bonds. The third-order valence-electron chi connectivity index (χ3n) is 8.47. The van der Waals surface area contributed by atoms with Gasteiger partial charge in [0.2, 0.25) is 0 Å². The molecule has 0 N–H and O–H groups in total. The second-order valence-electron chi connectivity index (χ2n) is 10.8. The third kappa shape index (κ3) is 4.36. The quantitative estimate of drug-likeness (QED) is 0.331. The first-order chi connectivity index (χ1) is 18.9. The van der Waals surface area contributed by atoms with Gasteiger partial charge >= 0.3 is 5.97 Å². The second kappa shape index (κ2) is 10.1. The molecule has 1 aliphatic carbocycles. The van der Waals surface area contributed by atoms with E-state index >= 15 is 4.39 Å². The number of ether oxygens (including phenoxy) is 4. The molecule has 3 aromatic rings. The number of methoxy groups -OCH3 is 1. The Labute approximate surface area is 228 Å². The third-order valence-corrected chi connectivity index (χ3v) is 8.47. The van der Waals surface area contributed by atoms with E-state index in [9.17, 15) is 4.79 Å². The summed E-state index contributed by atoms with van der Waals surface area (Å²) < 4.78 is 39.2. The van der Waals surface area contributed by atoms with Gasteiger partial charge in [-0.2, -0.15) is 0 Å². The van der Waals surface area contributed by atoms with Crippen molar-refractivity contribution in [3.05, 3.63) is 106 Å². The van der Waals surface area contributed by atoms with Gasteiger partial charge in [0.05, 0.1) is 33.0 Å². The molecule has 6 rings (SSSR count). The van der Waals surface area contributed by atoms with Crippen LogP contribution in [0.25, 0.3) is 0 Å². The molecule has 0 saturated heterocycles. The van der Waals surface area contributed by atoms with Gasteiger partial charge in [0.1, 0.15) is 17.3 Å². The molecule has 2 aliphatic heterocycles. The lowest BCUT2D eigenvalue weighted by molar-refractivity contribution is -0.141. The Kier molecular flexibility index (Phi) is 6.57. The van der Waals surface area contributed by atoms with Crippen molar-refractivity contribution in [1.29, 1.82) is 0 Å². The molecule has 0 fully saturated rings. The molecule has 3 aromatic carbocycles. The van der Waals surface area contributed by atoms with Crippen LogP contribution < -0.4 is 9.47 Å². The fourth-order valence-electron chi connectivity index (χ4n) is 6.71. The Hall–Kier alpha value is -3.80. The molecule has 0 spiro atoms. The zero-order valence-corrected chi connectivity index (χ0v) is 22.6. The van der Waals surface area contributed by atoms with E-state index in [2.05, 4.69) is 32.1 Å². The number of benzene rings is 3. The van der Waals surface area contributed by atoms with Crippen molar-refractivity contribution < 1.29 is 28.1 Å². The van der Waals surface area contributed by atoms with Crippen LogP contribution in [-0.2, 0) is 26.3 Å². The minimum absolute atomic E-state index is 0.0613. The predicted molar refractivity (Wildman–Crippen MR) is 146 cm³/mol. The number of aryl methyl sites for hydroxylation is 2. The van der Waals surface area contributed by atoms with Gasteiger partial charge in [-0.3, -0.25) is 4.79 Å². The van der Waals surface area contributed by atoms with E-state index in [0.717, 1.165) is 39.8 Å². The number of halogens is 1. The molecule has 0 saturated carbocycles. The molecular formula is C33H33FO5. The van der Waals surface area contributed by atoms with E-state index in [1.165, 1.54) is 7.11 Å². The van der Waals surface area contributed by atoms with Crippen molar-refractivity contribution in [2.75, 3.05) is 20.3 Å². The number of fused-ring (bicyclic) bond motifs is 2. The van der Waals surface area contributed by atoms with Gasteiger partial charge in [-0.25, -0.2) is 4.39 Å². The number of esters is 1. The summed E-state index contributed by atoms with van der Waals surface area (Å²) in [6, 6.07) is 15.4. The van der Waals surface area contributed by atoms with Crippen LogP contribution in [0.15, 0.2) is 60.9 Å². The predicted octanol–water partition coefficient (Wildman–Crippen LogP) is 6.77. The van der Waals surface area contributed by atoms with E-state index in [4.69, 9.17) is 18.9 Å². The van der Waals surface area contributed by atoms with Gasteiger partial charge in [0.25, 0.3) is 0 Å². The minimum atomic E-state index is -0.988. The minimum Gasteiger partial charge on any atom is -0.501 e. The van der Waals surface area contributed by atoms with Crippen LogP contribution in [0.4, 0.5) is 4.39 Å². The van der Waals surface area contributed by atoms with Crippen molar-refractivity contribution in [3.63, 3.8) is 0 Å². The van der Waals surface area contributed by atoms with Crippen molar-refractivity contribution in [2.24, 2.45) is 0 Å². The standard InChI is InChI=1S/C33H33FO5/c1-20-5-4-6-21(2)31(20)33(39-24-7-8-26-23(17-30(35)36-3)19-38-29(26)18-24)14-11-27-25(9-10-28(34)32(27)33)22-12-15-37-16-13-22/h4-10,12,15,18,22-23H,11,13-14,16-17,19H2,1-3H3/t22?,23?,33-/m1/s1. The van der Waals surface area contributed by atoms with E-state index < -0.39 is 5.60 Å². The molecule has 6 heteroatoms. The Morgan fingerprint density at radius 2 is 1.87 bits per heavy atom. The molecule has 0 aromatic heterocycles. The van der Waals surface area contributed by atoms with Crippen molar-refractivity contribution in [2.45, 2.75) is 57.0 Å². The monoisotopic (exact) mass is 528 g/mol. The zero-order valence-electron chi connectivity index (χ0n) is 22.6. The molecule has 0 bridgehead atoms. The van der Waals surface area contributed by atoms with Crippen molar-refractivity contribution in [1.82, 2.24) is 0 Å². The number of allylic oxidation sites excluding steroid dienone is 1. The molecule has 5 nitrogen and oxygen atoms in total. The lowest BCUT2D eigenvalue weighted by Crippen LogP contribution is -2.35. The lowest BCUT2D eigenvalue weighted by atomic mass is 9.80. The van der Waals surface area contributed by atoms with E-state index in [-0.39, 0.29) is 30.0 Å². The van der Waals surface area contributed by atoms with Gasteiger partial charge in [-0.1, -0.05) is 30.3 Å². The van der Waals surface area contributed by atoms with Crippen molar-refractivity contribution in [3.8, 4) is 11.5 Å². The molecule has 0 radical (unpaired) electrons. The molecular weight excluding hydrogens is 495 g/mol. The van der Waals surface area contributed by atoms with E-state index in [1.807, 2.05) is 30.3 Å². The van der Waals surface area contributed by atoms with Crippen LogP contribution in [0, 0.1) is 19.7 Å². The molecule has 39 heavy (non-hydrogen) atoms. The van der Waals surface area contributed by atoms with Crippen LogP contribution in [0.5, 0.6) is 11.5 Å². The summed E-state index contributed by atoms with van der Waals surface area (Å²) in [5.74, 6) is 0.909. The lowest BCUT2D eigenvalue weighted by Gasteiger charge is -2.35. The Balaban J connectivity index is 1.46. The van der Waals surface area contributed by atoms with Gasteiger partial charge in [-0.15, -0.1) is 0 Å². The number of hydrogen-bond acceptors (Lipinski definition) is 5. The first-order valence-corrected chi connectivity index (χ1v) is 13.6. The first-order valence-electron chi connectivity index (χ1n) is 13.6. The molecule has 3 atom stereocenters. The largest absolute Gasteiger partial charge is 0.501 e. The molecule has 2 unspecified atom stereocenters. The molecule has 2 heterocycles. The number of rotatable bonds is 6. The average Bonchev–Trinajstić information content (AvgIpc) is 3.51. The summed E-state index contributed by atoms with van der Waals surface area (Å²) in [7, 11) is 1.39. The smallest absolute Gasteiger partial charge is 0.306 e. The highest BCUT2D eigenvalue weighted by atomic mass is 19.1. The topological polar surface area (TPSA) is 54.0 Å². The van der Waals surface area contributed by atoms with Gasteiger partial charge in [0, 0.05) is 34.6 Å². The second-order valence-corrected chi connectivity index (χ2v) is 10.8. The zero-order chi connectivity index (χ0) is 27.1. The van der Waals surface area contributed by atoms with Crippen LogP contribution >= 0.6 is 0 Å². The SMILES string of the molecule is COC(=O)CC1COc2cc(O[C@@]3(c4c(C)cccc4C)CCc4c(C5C=COCC5)ccc(F)c43)ccc21. The van der Waals surface area contributed by atoms with Gasteiger partial charge in [-0.05, 0) is 73.6 Å². The maximum atomic E-state index is 16.0. The summed E-state index contributed by atoms with van der Waals surface area (Å²) in [4.78, 5) is 11.9. The fourth-order valence-corrected chi connectivity index (χ4v) is 6.71. The summed E-state index contributed by atoms with van der Waals surface area (Å²) in [6.07, 6.45) is 6.28. The Morgan fingerprint density at radius 1 is 1.08 bits per heavy atom. The van der Waals surface area contributed by atoms with E-state index in [1.54, 1.807) is 12.3 Å². The van der Waals surface area contributed by atoms with Gasteiger partial charge in [0.15, 0.2) is 5.60 Å². The number of carbonyl (C=O) groups excluding carboxylic acids is 1. The molecule has 3 aliphatic rings. The summed E-state index contributed by atoms with van der Waals surface area (Å²) in [5, 5.41) is 0. The maximum Gasteiger partial charge on any atom is 0.306 e. The maximum absolute atomic E-state index is 16.0. The summed E-state index contributed by atoms with van der Waals surface area (Å²) in [6.45, 7) is 5.20. The number of hydrogen-bond donors (Lipinski definition) is 0. The normalized spacial score (nSPS) is 23.0. The molecule has 202 valence electrons. The average molecular weight is 529 g/mol. The van der Waals surface area contributed by atoms with Crippen LogP contribution in [0.2, 0.25) is 0 Å². The number of carbonyl (C=O) groups is 1. The highest BCUT2D eigenvalue weighted by molar-refractivity contribution is 5.71. The highest BCUT2D eigenvalue weighted by Crippen LogP contribution is 2.51. The van der Waals surface area contributed by atoms with Gasteiger partial charge < -0.3 is 18.9 Å². The summed E-state index contributed by atoms with van der Waals surface area (Å²) in [5.41, 5.74) is 5.91. The van der Waals surface area contributed by atoms with Crippen LogP contribution in [-0.4, -0.2) is 26.3 Å². The highest BCUT2D eigenvalue weighted by Gasteiger charge is 2.48. The van der Waals surface area contributed by atoms with Crippen LogP contribution in [0.3, 0.4) is 0 Å². The van der Waals surface area contributed by atoms with Crippen molar-refractivity contribution >= 4 is 5.97 Å². The summed E-state index contributed by atoms with van der Waals surface area (Å²) >= 11 is 0. The fraction of sp³-hybridized carbons (Fsp3) is 0.364.